The minimum absolute atomic E-state index is 0.0273. The van der Waals surface area contributed by atoms with Crippen molar-refractivity contribution < 1.29 is 18.4 Å². The van der Waals surface area contributed by atoms with Crippen LogP contribution in [0.4, 0.5) is 8.78 Å². The molecule has 17 heavy (non-hydrogen) atoms. The van der Waals surface area contributed by atoms with Crippen molar-refractivity contribution in [1.82, 2.24) is 4.90 Å². The minimum Gasteiger partial charge on any atom is -0.325 e. The van der Waals surface area contributed by atoms with E-state index in [2.05, 4.69) is 0 Å². The molecule has 1 saturated heterocycles. The largest absolute Gasteiger partial charge is 0.325 e. The number of likely N-dealkylation sites (tertiary alicyclic amines) is 1. The van der Waals surface area contributed by atoms with E-state index in [0.29, 0.717) is 17.7 Å². The Bertz CT molecular complexity index is 327. The van der Waals surface area contributed by atoms with E-state index >= 15 is 0 Å². The molecule has 2 N–H and O–H groups in total. The van der Waals surface area contributed by atoms with Crippen molar-refractivity contribution in [3.8, 4) is 0 Å². The second-order valence-corrected chi connectivity index (χ2v) is 4.51. The Morgan fingerprint density at radius 1 is 1.35 bits per heavy atom. The van der Waals surface area contributed by atoms with Gasteiger partial charge < -0.3 is 5.73 Å². The number of imide groups is 1. The lowest BCUT2D eigenvalue weighted by Gasteiger charge is -2.25. The topological polar surface area (TPSA) is 63.4 Å². The fourth-order valence-electron chi connectivity index (χ4n) is 2.12. The van der Waals surface area contributed by atoms with Crippen LogP contribution in [-0.2, 0) is 9.59 Å². The zero-order chi connectivity index (χ0) is 13.3. The minimum atomic E-state index is -3.21. The summed E-state index contributed by atoms with van der Waals surface area (Å²) in [6, 6.07) is 0. The summed E-state index contributed by atoms with van der Waals surface area (Å²) >= 11 is 0. The molecule has 0 aromatic heterocycles. The average molecular weight is 248 g/mol. The Morgan fingerprint density at radius 2 is 1.88 bits per heavy atom. The van der Waals surface area contributed by atoms with Gasteiger partial charge in [0.15, 0.2) is 0 Å². The maximum atomic E-state index is 13.1. The summed E-state index contributed by atoms with van der Waals surface area (Å²) in [5, 5.41) is 0. The number of rotatable bonds is 5. The second kappa shape index (κ2) is 4.68. The Balaban J connectivity index is 2.90. The Morgan fingerprint density at radius 3 is 2.24 bits per heavy atom. The molecule has 0 aromatic carbocycles. The van der Waals surface area contributed by atoms with Crippen LogP contribution in [0.1, 0.15) is 33.1 Å². The number of nitrogens with two attached hydrogens (primary N) is 1. The van der Waals surface area contributed by atoms with Crippen LogP contribution < -0.4 is 5.73 Å². The predicted molar refractivity (Wildman–Crippen MR) is 58.4 cm³/mol. The summed E-state index contributed by atoms with van der Waals surface area (Å²) in [7, 11) is 0. The first-order valence-corrected chi connectivity index (χ1v) is 5.74. The zero-order valence-electron chi connectivity index (χ0n) is 10.1. The normalized spacial score (nSPS) is 20.2. The molecule has 0 bridgehead atoms. The van der Waals surface area contributed by atoms with E-state index in [1.165, 1.54) is 0 Å². The molecular formula is C11H18F2N2O2. The Labute approximate surface area is 99.1 Å². The second-order valence-electron chi connectivity index (χ2n) is 4.51. The number of nitrogens with zero attached hydrogens (tertiary/aromatic N) is 1. The molecule has 6 heteroatoms. The van der Waals surface area contributed by atoms with Crippen LogP contribution in [0.2, 0.25) is 0 Å². The van der Waals surface area contributed by atoms with E-state index < -0.39 is 36.2 Å². The van der Waals surface area contributed by atoms with Crippen molar-refractivity contribution in [3.05, 3.63) is 0 Å². The zero-order valence-corrected chi connectivity index (χ0v) is 10.1. The Kier molecular flexibility index (Phi) is 3.86. The average Bonchev–Trinajstić information content (AvgIpc) is 2.53. The van der Waals surface area contributed by atoms with Crippen LogP contribution in [0.15, 0.2) is 0 Å². The first-order chi connectivity index (χ1) is 7.82. The summed E-state index contributed by atoms with van der Waals surface area (Å²) in [6.07, 6.45) is 0.997. The fraction of sp³-hybridized carbons (Fsp3) is 0.818. The first-order valence-electron chi connectivity index (χ1n) is 5.74. The number of amides is 2. The molecule has 98 valence electrons. The van der Waals surface area contributed by atoms with Crippen molar-refractivity contribution >= 4 is 11.8 Å². The molecule has 0 saturated carbocycles. The lowest BCUT2D eigenvalue weighted by molar-refractivity contribution is -0.147. The van der Waals surface area contributed by atoms with E-state index in [-0.39, 0.29) is 6.42 Å². The van der Waals surface area contributed by atoms with Crippen LogP contribution in [0, 0.1) is 5.41 Å². The third kappa shape index (κ3) is 2.46. The molecule has 0 unspecified atom stereocenters. The van der Waals surface area contributed by atoms with E-state index in [9.17, 15) is 18.4 Å². The molecule has 1 aliphatic rings. The molecule has 0 atom stereocenters. The summed E-state index contributed by atoms with van der Waals surface area (Å²) in [5.41, 5.74) is 4.12. The van der Waals surface area contributed by atoms with Crippen LogP contribution >= 0.6 is 0 Å². The van der Waals surface area contributed by atoms with Crippen LogP contribution in [0.25, 0.3) is 0 Å². The van der Waals surface area contributed by atoms with Crippen molar-refractivity contribution in [2.75, 3.05) is 13.1 Å². The van der Waals surface area contributed by atoms with Gasteiger partial charge in [0.1, 0.15) is 0 Å². The molecule has 0 aromatic rings. The number of halogens is 2. The summed E-state index contributed by atoms with van der Waals surface area (Å²) < 4.78 is 26.3. The monoisotopic (exact) mass is 248 g/mol. The molecule has 0 spiro atoms. The van der Waals surface area contributed by atoms with Crippen molar-refractivity contribution in [1.29, 1.82) is 0 Å². The quantitative estimate of drug-likeness (QED) is 0.742. The molecular weight excluding hydrogens is 230 g/mol. The highest BCUT2D eigenvalue weighted by molar-refractivity contribution is 6.05. The molecule has 0 radical (unpaired) electrons. The molecule has 4 nitrogen and oxygen atoms in total. The van der Waals surface area contributed by atoms with Crippen LogP contribution in [-0.4, -0.2) is 35.7 Å². The summed E-state index contributed by atoms with van der Waals surface area (Å²) in [6.45, 7) is 1.82. The van der Waals surface area contributed by atoms with Gasteiger partial charge in [0, 0.05) is 6.42 Å². The number of carbonyl (C=O) groups excluding carboxylic acids is 2. The first kappa shape index (κ1) is 14.0. The van der Waals surface area contributed by atoms with Gasteiger partial charge in [0.05, 0.1) is 18.5 Å². The van der Waals surface area contributed by atoms with E-state index in [1.54, 1.807) is 13.8 Å². The smallest absolute Gasteiger partial charge is 0.277 e. The maximum Gasteiger partial charge on any atom is 0.277 e. The van der Waals surface area contributed by atoms with Gasteiger partial charge in [-0.05, 0) is 12.8 Å². The standard InChI is InChI=1S/C11H18F2N2O2/c1-3-10(4-2)5-8(16)15(9(10)17)7-11(12,13)6-14/h3-7,14H2,1-2H3. The maximum absolute atomic E-state index is 13.1. The molecule has 1 fully saturated rings. The van der Waals surface area contributed by atoms with Crippen LogP contribution in [0.3, 0.4) is 0 Å². The molecule has 1 heterocycles. The third-order valence-corrected chi connectivity index (χ3v) is 3.53. The van der Waals surface area contributed by atoms with Crippen molar-refractivity contribution in [2.24, 2.45) is 11.1 Å². The Hall–Kier alpha value is -1.04. The number of hydrogen-bond donors (Lipinski definition) is 1. The van der Waals surface area contributed by atoms with Gasteiger partial charge in [-0.25, -0.2) is 8.78 Å². The van der Waals surface area contributed by atoms with Gasteiger partial charge in [-0.1, -0.05) is 13.8 Å². The molecule has 1 aliphatic heterocycles. The number of carbonyl (C=O) groups is 2. The van der Waals surface area contributed by atoms with Crippen molar-refractivity contribution in [3.63, 3.8) is 0 Å². The van der Waals surface area contributed by atoms with Gasteiger partial charge in [0.2, 0.25) is 11.8 Å². The molecule has 1 rings (SSSR count). The predicted octanol–water partition coefficient (Wildman–Crippen LogP) is 1.15. The summed E-state index contributed by atoms with van der Waals surface area (Å²) in [4.78, 5) is 24.3. The SMILES string of the molecule is CCC1(CC)CC(=O)N(CC(F)(F)CN)C1=O. The molecule has 0 aliphatic carbocycles. The third-order valence-electron chi connectivity index (χ3n) is 3.53. The van der Waals surface area contributed by atoms with Gasteiger partial charge >= 0.3 is 0 Å². The molecule has 2 amide bonds. The van der Waals surface area contributed by atoms with Gasteiger partial charge in [-0.3, -0.25) is 14.5 Å². The van der Waals surface area contributed by atoms with E-state index in [0.717, 1.165) is 0 Å². The van der Waals surface area contributed by atoms with Crippen molar-refractivity contribution in [2.45, 2.75) is 39.0 Å². The van der Waals surface area contributed by atoms with Gasteiger partial charge in [0.25, 0.3) is 5.92 Å². The highest BCUT2D eigenvalue weighted by Crippen LogP contribution is 2.39. The van der Waals surface area contributed by atoms with Crippen LogP contribution in [0.5, 0.6) is 0 Å². The fourth-order valence-corrected chi connectivity index (χ4v) is 2.12. The van der Waals surface area contributed by atoms with E-state index in [4.69, 9.17) is 5.73 Å². The van der Waals surface area contributed by atoms with Gasteiger partial charge in [-0.2, -0.15) is 0 Å². The highest BCUT2D eigenvalue weighted by atomic mass is 19.3. The van der Waals surface area contributed by atoms with E-state index in [1.807, 2.05) is 0 Å². The lowest BCUT2D eigenvalue weighted by Crippen LogP contribution is -2.45. The summed E-state index contributed by atoms with van der Waals surface area (Å²) in [5.74, 6) is -4.21. The number of hydrogen-bond acceptors (Lipinski definition) is 3. The van der Waals surface area contributed by atoms with Gasteiger partial charge in [-0.15, -0.1) is 0 Å². The number of alkyl halides is 2. The highest BCUT2D eigenvalue weighted by Gasteiger charge is 2.51. The lowest BCUT2D eigenvalue weighted by atomic mass is 9.81.